The van der Waals surface area contributed by atoms with Crippen LogP contribution in [0.3, 0.4) is 0 Å². The molecule has 0 atom stereocenters. The Morgan fingerprint density at radius 2 is 2.00 bits per heavy atom. The number of nitrogens with two attached hydrogens (primary N) is 1. The summed E-state index contributed by atoms with van der Waals surface area (Å²) in [5.41, 5.74) is 5.43. The zero-order valence-corrected chi connectivity index (χ0v) is 14.4. The molecule has 0 aromatic carbocycles. The van der Waals surface area contributed by atoms with E-state index in [0.717, 1.165) is 19.3 Å². The molecule has 0 aliphatic rings. The highest BCUT2D eigenvalue weighted by atomic mass is 16.3. The van der Waals surface area contributed by atoms with Gasteiger partial charge in [-0.25, -0.2) is 4.98 Å². The maximum atomic E-state index is 12.5. The second-order valence-electron chi connectivity index (χ2n) is 6.11. The molecule has 0 fully saturated rings. The summed E-state index contributed by atoms with van der Waals surface area (Å²) in [5, 5.41) is 18.5. The van der Waals surface area contributed by atoms with Gasteiger partial charge >= 0.3 is 0 Å². The maximum absolute atomic E-state index is 12.5. The largest absolute Gasteiger partial charge is 0.396 e. The highest BCUT2D eigenvalue weighted by Gasteiger charge is 2.21. The van der Waals surface area contributed by atoms with E-state index in [4.69, 9.17) is 5.73 Å². The number of hydrogen-bond donors (Lipinski definition) is 4. The maximum Gasteiger partial charge on any atom is 0.280 e. The Labute approximate surface area is 144 Å². The number of nitrogens with one attached hydrogen (secondary N) is 1. The molecule has 2 heterocycles. The summed E-state index contributed by atoms with van der Waals surface area (Å²) in [6, 6.07) is 0. The molecule has 0 amide bonds. The van der Waals surface area contributed by atoms with Crippen LogP contribution in [0.2, 0.25) is 0 Å². The van der Waals surface area contributed by atoms with Crippen LogP contribution in [0, 0.1) is 5.92 Å². The summed E-state index contributed by atoms with van der Waals surface area (Å²) in [6.07, 6.45) is 3.45. The van der Waals surface area contributed by atoms with E-state index in [1.54, 1.807) is 4.57 Å². The molecule has 0 saturated heterocycles. The van der Waals surface area contributed by atoms with Gasteiger partial charge in [-0.15, -0.1) is 0 Å². The zero-order valence-electron chi connectivity index (χ0n) is 14.4. The van der Waals surface area contributed by atoms with E-state index < -0.39 is 5.56 Å². The highest BCUT2D eigenvalue weighted by molar-refractivity contribution is 5.95. The van der Waals surface area contributed by atoms with Crippen molar-refractivity contribution in [3.8, 4) is 0 Å². The predicted molar refractivity (Wildman–Crippen MR) is 93.3 cm³/mol. The van der Waals surface area contributed by atoms with Crippen molar-refractivity contribution in [3.05, 3.63) is 16.2 Å². The number of rotatable bonds is 10. The average molecular weight is 351 g/mol. The molecule has 2 aromatic rings. The van der Waals surface area contributed by atoms with Crippen LogP contribution in [0.5, 0.6) is 0 Å². The van der Waals surface area contributed by atoms with Crippen molar-refractivity contribution < 1.29 is 15.0 Å². The number of aryl methyl sites for hydroxylation is 1. The second kappa shape index (κ2) is 8.72. The van der Waals surface area contributed by atoms with E-state index in [-0.39, 0.29) is 47.9 Å². The Morgan fingerprint density at radius 3 is 2.64 bits per heavy atom. The third-order valence-electron chi connectivity index (χ3n) is 4.16. The molecule has 0 spiro atoms. The smallest absolute Gasteiger partial charge is 0.280 e. The number of aliphatic hydroxyl groups excluding tert-OH is 2. The van der Waals surface area contributed by atoms with Crippen LogP contribution in [-0.4, -0.2) is 48.7 Å². The molecule has 0 saturated carbocycles. The molecule has 0 aliphatic heterocycles. The molecular weight excluding hydrogens is 326 g/mol. The van der Waals surface area contributed by atoms with Crippen LogP contribution >= 0.6 is 0 Å². The molecule has 0 aliphatic carbocycles. The van der Waals surface area contributed by atoms with Gasteiger partial charge in [0, 0.05) is 32.1 Å². The van der Waals surface area contributed by atoms with E-state index in [1.165, 1.54) is 0 Å². The minimum absolute atomic E-state index is 0.0514. The van der Waals surface area contributed by atoms with Crippen LogP contribution in [0.1, 0.15) is 49.6 Å². The third kappa shape index (κ3) is 4.43. The number of nitrogen functional groups attached to an aromatic ring is 1. The Kier molecular flexibility index (Phi) is 6.65. The minimum Gasteiger partial charge on any atom is -0.396 e. The van der Waals surface area contributed by atoms with Crippen LogP contribution in [0.25, 0.3) is 11.2 Å². The van der Waals surface area contributed by atoms with Crippen LogP contribution in [-0.2, 0) is 6.54 Å². The zero-order chi connectivity index (χ0) is 18.4. The molecule has 0 radical (unpaired) electrons. The van der Waals surface area contributed by atoms with E-state index in [9.17, 15) is 19.8 Å². The minimum atomic E-state index is -0.496. The number of aliphatic hydroxyl groups is 2. The van der Waals surface area contributed by atoms with Gasteiger partial charge in [-0.1, -0.05) is 19.8 Å². The third-order valence-corrected chi connectivity index (χ3v) is 4.16. The van der Waals surface area contributed by atoms with Crippen molar-refractivity contribution in [1.29, 1.82) is 0 Å². The Balaban J connectivity index is 2.40. The summed E-state index contributed by atoms with van der Waals surface area (Å²) < 4.78 is 1.56. The van der Waals surface area contributed by atoms with Gasteiger partial charge < -0.3 is 20.5 Å². The lowest BCUT2D eigenvalue weighted by atomic mass is 10.1. The predicted octanol–water partition coefficient (Wildman–Crippen LogP) is 0.456. The first-order valence-electron chi connectivity index (χ1n) is 8.52. The molecule has 25 heavy (non-hydrogen) atoms. The van der Waals surface area contributed by atoms with Gasteiger partial charge in [0.1, 0.15) is 0 Å². The van der Waals surface area contributed by atoms with Crippen molar-refractivity contribution in [2.75, 3.05) is 18.9 Å². The fourth-order valence-electron chi connectivity index (χ4n) is 2.65. The van der Waals surface area contributed by atoms with Crippen molar-refractivity contribution in [3.63, 3.8) is 0 Å². The highest BCUT2D eigenvalue weighted by Crippen LogP contribution is 2.17. The summed E-state index contributed by atoms with van der Waals surface area (Å²) >= 11 is 0. The molecule has 9 heteroatoms. The van der Waals surface area contributed by atoms with Gasteiger partial charge in [0.15, 0.2) is 22.8 Å². The average Bonchev–Trinajstić information content (AvgIpc) is 2.95. The molecule has 5 N–H and O–H groups in total. The van der Waals surface area contributed by atoms with E-state index in [1.807, 2.05) is 0 Å². The molecule has 0 bridgehead atoms. The molecule has 2 rings (SSSR count). The number of ketones is 1. The Hall–Kier alpha value is -2.26. The molecule has 0 unspecified atom stereocenters. The fraction of sp³-hybridized carbons (Fsp3) is 0.625. The number of imidazole rings is 1. The van der Waals surface area contributed by atoms with Crippen LogP contribution in [0.4, 0.5) is 5.95 Å². The Morgan fingerprint density at radius 1 is 1.28 bits per heavy atom. The van der Waals surface area contributed by atoms with Gasteiger partial charge in [0.25, 0.3) is 5.56 Å². The lowest BCUT2D eigenvalue weighted by Gasteiger charge is -2.13. The number of aromatic nitrogens is 4. The summed E-state index contributed by atoms with van der Waals surface area (Å²) in [7, 11) is 0. The van der Waals surface area contributed by atoms with Gasteiger partial charge in [-0.2, -0.15) is 4.98 Å². The SMILES string of the molecule is CCCCCC(=O)c1nc2c(=O)[nH]c(N)nc2n1CCC(CO)CO. The van der Waals surface area contributed by atoms with E-state index in [0.29, 0.717) is 19.4 Å². The normalized spacial score (nSPS) is 11.5. The van der Waals surface area contributed by atoms with Gasteiger partial charge in [-0.05, 0) is 12.8 Å². The van der Waals surface area contributed by atoms with Gasteiger partial charge in [0.2, 0.25) is 5.95 Å². The van der Waals surface area contributed by atoms with Crippen molar-refractivity contribution >= 4 is 22.9 Å². The summed E-state index contributed by atoms with van der Waals surface area (Å²) in [5.74, 6) is -0.359. The first kappa shape index (κ1) is 19.1. The second-order valence-corrected chi connectivity index (χ2v) is 6.11. The quantitative estimate of drug-likeness (QED) is 0.359. The topological polar surface area (TPSA) is 147 Å². The lowest BCUT2D eigenvalue weighted by Crippen LogP contribution is -2.18. The fourth-order valence-corrected chi connectivity index (χ4v) is 2.65. The number of aromatic amines is 1. The molecule has 2 aromatic heterocycles. The first-order chi connectivity index (χ1) is 12.0. The number of carbonyl (C=O) groups excluding carboxylic acids is 1. The first-order valence-corrected chi connectivity index (χ1v) is 8.52. The van der Waals surface area contributed by atoms with Crippen molar-refractivity contribution in [2.24, 2.45) is 5.92 Å². The standard InChI is InChI=1S/C16H25N5O4/c1-2-3-4-5-11(24)13-18-12-14(19-16(17)20-15(12)25)21(13)7-6-10(8-22)9-23/h10,22-23H,2-9H2,1H3,(H3,17,19,20,25). The van der Waals surface area contributed by atoms with Gasteiger partial charge in [-0.3, -0.25) is 14.6 Å². The molecule has 138 valence electrons. The van der Waals surface area contributed by atoms with Crippen molar-refractivity contribution in [1.82, 2.24) is 19.5 Å². The van der Waals surface area contributed by atoms with E-state index >= 15 is 0 Å². The number of anilines is 1. The van der Waals surface area contributed by atoms with Crippen LogP contribution < -0.4 is 11.3 Å². The number of fused-ring (bicyclic) bond motifs is 1. The van der Waals surface area contributed by atoms with Crippen LogP contribution in [0.15, 0.2) is 4.79 Å². The summed E-state index contributed by atoms with van der Waals surface area (Å²) in [6.45, 7) is 2.01. The van der Waals surface area contributed by atoms with E-state index in [2.05, 4.69) is 21.9 Å². The number of nitrogens with zero attached hydrogens (tertiary/aromatic N) is 3. The summed E-state index contributed by atoms with van der Waals surface area (Å²) in [4.78, 5) is 35.3. The molecule has 9 nitrogen and oxygen atoms in total. The van der Waals surface area contributed by atoms with Gasteiger partial charge in [0.05, 0.1) is 0 Å². The van der Waals surface area contributed by atoms with Crippen molar-refractivity contribution in [2.45, 2.75) is 45.6 Å². The monoisotopic (exact) mass is 351 g/mol. The Bertz CT molecular complexity index is 779. The number of H-pyrrole nitrogens is 1. The molecular formula is C16H25N5O4. The number of hydrogen-bond acceptors (Lipinski definition) is 7. The number of unbranched alkanes of at least 4 members (excludes halogenated alkanes) is 2. The number of Topliss-reactive ketones (excluding diaryl/α,β-unsaturated/α-hetero) is 1. The lowest BCUT2D eigenvalue weighted by molar-refractivity contribution is 0.0964. The number of carbonyl (C=O) groups is 1.